The summed E-state index contributed by atoms with van der Waals surface area (Å²) in [4.78, 5) is 2.84. The van der Waals surface area contributed by atoms with E-state index in [0.29, 0.717) is 6.07 Å². The summed E-state index contributed by atoms with van der Waals surface area (Å²) in [6.07, 6.45) is -8.35. The molecule has 0 spiro atoms. The molecule has 16 heavy (non-hydrogen) atoms. The number of rotatable bonds is 2. The first kappa shape index (κ1) is 13.1. The maximum Gasteiger partial charge on any atom is 0.433 e. The number of halogens is 6. The van der Waals surface area contributed by atoms with Crippen LogP contribution in [0, 0.1) is 0 Å². The summed E-state index contributed by atoms with van der Waals surface area (Å²) in [6.45, 7) is -0.760. The second kappa shape index (κ2) is 4.50. The Kier molecular flexibility index (Phi) is 3.69. The molecule has 0 radical (unpaired) electrons. The molecule has 0 fully saturated rings. The van der Waals surface area contributed by atoms with Crippen LogP contribution in [-0.4, -0.2) is 10.1 Å². The monoisotopic (exact) mass is 261 g/mol. The van der Waals surface area contributed by atoms with Crippen LogP contribution in [0.25, 0.3) is 0 Å². The van der Waals surface area contributed by atoms with Crippen LogP contribution in [0.2, 0.25) is 5.15 Å². The van der Waals surface area contributed by atoms with Crippen LogP contribution in [0.3, 0.4) is 0 Å². The Hall–Kier alpha value is -0.950. The summed E-state index contributed by atoms with van der Waals surface area (Å²) in [7, 11) is 0. The van der Waals surface area contributed by atoms with Gasteiger partial charge in [0.25, 0.3) is 6.43 Å². The molecule has 0 bridgehead atoms. The van der Waals surface area contributed by atoms with Crippen molar-refractivity contribution >= 4 is 11.6 Å². The number of alkyl halides is 5. The predicted octanol–water partition coefficient (Wildman–Crippen LogP) is 3.18. The van der Waals surface area contributed by atoms with Crippen LogP contribution in [0.4, 0.5) is 22.0 Å². The lowest BCUT2D eigenvalue weighted by atomic mass is 10.1. The number of pyridine rings is 1. The van der Waals surface area contributed by atoms with Gasteiger partial charge in [-0.25, -0.2) is 13.8 Å². The van der Waals surface area contributed by atoms with E-state index in [-0.39, 0.29) is 5.56 Å². The van der Waals surface area contributed by atoms with Gasteiger partial charge in [0.2, 0.25) is 0 Å². The van der Waals surface area contributed by atoms with Crippen LogP contribution < -0.4 is 0 Å². The standard InChI is InChI=1S/C8H5ClF5NO/c9-6-3(2-16)1-4(7(10)11)5(15-6)8(12,13)14/h1,7,16H,2H2. The van der Waals surface area contributed by atoms with Gasteiger partial charge in [0.15, 0.2) is 5.69 Å². The lowest BCUT2D eigenvalue weighted by Gasteiger charge is -2.13. The van der Waals surface area contributed by atoms with Gasteiger partial charge in [-0.15, -0.1) is 0 Å². The largest absolute Gasteiger partial charge is 0.433 e. The first-order valence-corrected chi connectivity index (χ1v) is 4.30. The molecule has 8 heteroatoms. The van der Waals surface area contributed by atoms with E-state index < -0.39 is 35.6 Å². The van der Waals surface area contributed by atoms with Gasteiger partial charge < -0.3 is 5.11 Å². The Labute approximate surface area is 91.7 Å². The third kappa shape index (κ3) is 2.59. The Morgan fingerprint density at radius 2 is 1.94 bits per heavy atom. The molecule has 1 N–H and O–H groups in total. The molecular weight excluding hydrogens is 257 g/mol. The van der Waals surface area contributed by atoms with Crippen LogP contribution in [-0.2, 0) is 12.8 Å². The van der Waals surface area contributed by atoms with Crippen molar-refractivity contribution in [2.75, 3.05) is 0 Å². The average Bonchev–Trinajstić information content (AvgIpc) is 2.15. The predicted molar refractivity (Wildman–Crippen MR) is 45.1 cm³/mol. The summed E-state index contributed by atoms with van der Waals surface area (Å²) < 4.78 is 61.6. The zero-order chi connectivity index (χ0) is 12.5. The van der Waals surface area contributed by atoms with E-state index in [9.17, 15) is 22.0 Å². The van der Waals surface area contributed by atoms with Gasteiger partial charge in [0.05, 0.1) is 6.61 Å². The molecule has 2 nitrogen and oxygen atoms in total. The third-order valence-electron chi connectivity index (χ3n) is 1.75. The number of aliphatic hydroxyl groups excluding tert-OH is 1. The van der Waals surface area contributed by atoms with Gasteiger partial charge in [-0.05, 0) is 6.07 Å². The second-order valence-electron chi connectivity index (χ2n) is 2.83. The highest BCUT2D eigenvalue weighted by atomic mass is 35.5. The highest BCUT2D eigenvalue weighted by molar-refractivity contribution is 6.30. The van der Waals surface area contributed by atoms with Crippen LogP contribution in [0.15, 0.2) is 6.07 Å². The number of nitrogens with zero attached hydrogens (tertiary/aromatic N) is 1. The average molecular weight is 262 g/mol. The maximum atomic E-state index is 12.3. The van der Waals surface area contributed by atoms with E-state index in [4.69, 9.17) is 16.7 Å². The van der Waals surface area contributed by atoms with Crippen LogP contribution in [0.1, 0.15) is 23.2 Å². The molecule has 0 saturated heterocycles. The lowest BCUT2D eigenvalue weighted by Crippen LogP contribution is -2.13. The van der Waals surface area contributed by atoms with Crippen molar-refractivity contribution < 1.29 is 27.1 Å². The van der Waals surface area contributed by atoms with Crippen LogP contribution >= 0.6 is 11.6 Å². The van der Waals surface area contributed by atoms with Crippen molar-refractivity contribution in [3.05, 3.63) is 28.0 Å². The fraction of sp³-hybridized carbons (Fsp3) is 0.375. The summed E-state index contributed by atoms with van der Waals surface area (Å²) in [6, 6.07) is 0.503. The zero-order valence-corrected chi connectivity index (χ0v) is 8.28. The van der Waals surface area contributed by atoms with Crippen molar-refractivity contribution in [2.45, 2.75) is 19.2 Å². The van der Waals surface area contributed by atoms with Gasteiger partial charge in [-0.1, -0.05) is 11.6 Å². The maximum absolute atomic E-state index is 12.3. The van der Waals surface area contributed by atoms with Gasteiger partial charge in [0, 0.05) is 11.1 Å². The number of hydrogen-bond donors (Lipinski definition) is 1. The number of hydrogen-bond acceptors (Lipinski definition) is 2. The quantitative estimate of drug-likeness (QED) is 0.655. The van der Waals surface area contributed by atoms with Crippen molar-refractivity contribution in [2.24, 2.45) is 0 Å². The van der Waals surface area contributed by atoms with E-state index in [2.05, 4.69) is 4.98 Å². The zero-order valence-electron chi connectivity index (χ0n) is 7.52. The van der Waals surface area contributed by atoms with Gasteiger partial charge in [0.1, 0.15) is 5.15 Å². The SMILES string of the molecule is OCc1cc(C(F)F)c(C(F)(F)F)nc1Cl. The Morgan fingerprint density at radius 1 is 1.38 bits per heavy atom. The molecule has 0 unspecified atom stereocenters. The fourth-order valence-electron chi connectivity index (χ4n) is 1.05. The number of aromatic nitrogens is 1. The molecule has 1 rings (SSSR count). The minimum absolute atomic E-state index is 0.273. The third-order valence-corrected chi connectivity index (χ3v) is 2.08. The van der Waals surface area contributed by atoms with E-state index in [1.807, 2.05) is 0 Å². The molecule has 1 aromatic heterocycles. The van der Waals surface area contributed by atoms with Crippen LogP contribution in [0.5, 0.6) is 0 Å². The Bertz CT molecular complexity index is 393. The van der Waals surface area contributed by atoms with E-state index >= 15 is 0 Å². The molecule has 1 aromatic rings. The normalized spacial score (nSPS) is 12.2. The minimum Gasteiger partial charge on any atom is -0.392 e. The van der Waals surface area contributed by atoms with Gasteiger partial charge in [-0.2, -0.15) is 13.2 Å². The first-order valence-electron chi connectivity index (χ1n) is 3.93. The molecule has 0 aromatic carbocycles. The Balaban J connectivity index is 3.42. The molecular formula is C8H5ClF5NO. The second-order valence-corrected chi connectivity index (χ2v) is 3.19. The molecule has 90 valence electrons. The van der Waals surface area contributed by atoms with E-state index in [1.165, 1.54) is 0 Å². The highest BCUT2D eigenvalue weighted by Crippen LogP contribution is 2.36. The van der Waals surface area contributed by atoms with Gasteiger partial charge >= 0.3 is 6.18 Å². The lowest BCUT2D eigenvalue weighted by molar-refractivity contribution is -0.143. The Morgan fingerprint density at radius 3 is 2.31 bits per heavy atom. The smallest absolute Gasteiger partial charge is 0.392 e. The molecule has 0 saturated carbocycles. The summed E-state index contributed by atoms with van der Waals surface area (Å²) in [5, 5.41) is 8.03. The number of aliphatic hydroxyl groups is 1. The van der Waals surface area contributed by atoms with Crippen molar-refractivity contribution in [1.82, 2.24) is 4.98 Å². The first-order chi connectivity index (χ1) is 7.27. The molecule has 0 aliphatic rings. The molecule has 0 amide bonds. The molecule has 0 atom stereocenters. The summed E-state index contributed by atoms with van der Waals surface area (Å²) in [5.74, 6) is 0. The van der Waals surface area contributed by atoms with E-state index in [0.717, 1.165) is 0 Å². The topological polar surface area (TPSA) is 33.1 Å². The van der Waals surface area contributed by atoms with Crippen molar-refractivity contribution in [3.8, 4) is 0 Å². The molecule has 1 heterocycles. The van der Waals surface area contributed by atoms with Gasteiger partial charge in [-0.3, -0.25) is 0 Å². The summed E-state index contributed by atoms with van der Waals surface area (Å²) in [5.41, 5.74) is -3.30. The van der Waals surface area contributed by atoms with Crippen molar-refractivity contribution in [1.29, 1.82) is 0 Å². The van der Waals surface area contributed by atoms with E-state index in [1.54, 1.807) is 0 Å². The minimum atomic E-state index is -5.01. The highest BCUT2D eigenvalue weighted by Gasteiger charge is 2.38. The van der Waals surface area contributed by atoms with Crippen molar-refractivity contribution in [3.63, 3.8) is 0 Å². The molecule has 0 aliphatic heterocycles. The summed E-state index contributed by atoms with van der Waals surface area (Å²) >= 11 is 5.30. The fourth-order valence-corrected chi connectivity index (χ4v) is 1.25. The molecule has 0 aliphatic carbocycles.